The van der Waals surface area contributed by atoms with Gasteiger partial charge in [0, 0.05) is 28.0 Å². The average molecular weight is 605 g/mol. The predicted octanol–water partition coefficient (Wildman–Crippen LogP) is 7.85. The van der Waals surface area contributed by atoms with Crippen LogP contribution in [0.5, 0.6) is 5.75 Å². The normalized spacial score (nSPS) is 11.3. The molecular weight excluding hydrogens is 578 g/mol. The summed E-state index contributed by atoms with van der Waals surface area (Å²) in [7, 11) is 0. The van der Waals surface area contributed by atoms with Crippen LogP contribution in [-0.2, 0) is 6.61 Å². The van der Waals surface area contributed by atoms with Gasteiger partial charge in [-0.2, -0.15) is 5.10 Å². The van der Waals surface area contributed by atoms with E-state index >= 15 is 0 Å². The summed E-state index contributed by atoms with van der Waals surface area (Å²) in [5.74, 6) is 1.39. The third-order valence-electron chi connectivity index (χ3n) is 5.90. The first-order valence-electron chi connectivity index (χ1n) is 12.2. The summed E-state index contributed by atoms with van der Waals surface area (Å²) in [6.45, 7) is 6.39. The molecule has 0 saturated heterocycles. The minimum Gasteiger partial charge on any atom is -0.486 e. The van der Waals surface area contributed by atoms with Crippen LogP contribution in [0.2, 0.25) is 0 Å². The second-order valence-electron chi connectivity index (χ2n) is 8.90. The van der Waals surface area contributed by atoms with Crippen molar-refractivity contribution in [1.82, 2.24) is 9.99 Å². The Kier molecular flexibility index (Phi) is 8.09. The topological polar surface area (TPSA) is 81.9 Å². The van der Waals surface area contributed by atoms with Gasteiger partial charge in [-0.1, -0.05) is 29.5 Å². The van der Waals surface area contributed by atoms with Crippen LogP contribution in [-0.4, -0.2) is 16.7 Å². The highest BCUT2D eigenvalue weighted by molar-refractivity contribution is 9.10. The number of hydrazone groups is 1. The Bertz CT molecular complexity index is 1600. The molecule has 7 nitrogen and oxygen atoms in total. The Morgan fingerprint density at radius 1 is 0.974 bits per heavy atom. The standard InChI is InChI=1S/C30H26BrN3O4S/c1-19-4-13-26(14-5-19)39-30-27(31)16-25(38-30)17-32-33-29(35)28-15-12-24(37-28)18-36-23-10-8-22(9-11-23)34-20(2)6-7-21(34)3/h4-17H,18H2,1-3H3,(H,33,35)/b32-17+. The maximum absolute atomic E-state index is 12.5. The van der Waals surface area contributed by atoms with Crippen LogP contribution < -0.4 is 10.2 Å². The highest BCUT2D eigenvalue weighted by Gasteiger charge is 2.13. The van der Waals surface area contributed by atoms with E-state index in [9.17, 15) is 4.79 Å². The number of benzene rings is 2. The zero-order chi connectivity index (χ0) is 27.4. The molecule has 0 aliphatic rings. The van der Waals surface area contributed by atoms with Gasteiger partial charge < -0.3 is 18.1 Å². The van der Waals surface area contributed by atoms with Gasteiger partial charge in [0.1, 0.15) is 23.9 Å². The summed E-state index contributed by atoms with van der Waals surface area (Å²) < 4.78 is 20.3. The number of ether oxygens (including phenoxy) is 1. The number of rotatable bonds is 9. The van der Waals surface area contributed by atoms with Crippen LogP contribution in [0.15, 0.2) is 107 Å². The second-order valence-corrected chi connectivity index (χ2v) is 10.8. The number of carbonyl (C=O) groups is 1. The average Bonchev–Trinajstić information content (AvgIpc) is 3.63. The van der Waals surface area contributed by atoms with Gasteiger partial charge in [0.25, 0.3) is 0 Å². The van der Waals surface area contributed by atoms with Gasteiger partial charge in [-0.05, 0) is 97.4 Å². The molecule has 1 amide bonds. The first-order valence-corrected chi connectivity index (χ1v) is 13.8. The molecule has 5 aromatic rings. The lowest BCUT2D eigenvalue weighted by Crippen LogP contribution is -2.16. The number of nitrogens with zero attached hydrogens (tertiary/aromatic N) is 2. The van der Waals surface area contributed by atoms with Crippen molar-refractivity contribution in [1.29, 1.82) is 0 Å². The van der Waals surface area contributed by atoms with Gasteiger partial charge in [-0.3, -0.25) is 4.79 Å². The maximum Gasteiger partial charge on any atom is 0.307 e. The van der Waals surface area contributed by atoms with Crippen LogP contribution in [0.4, 0.5) is 0 Å². The number of furan rings is 2. The highest BCUT2D eigenvalue weighted by atomic mass is 79.9. The van der Waals surface area contributed by atoms with Gasteiger partial charge in [0.05, 0.1) is 10.7 Å². The predicted molar refractivity (Wildman–Crippen MR) is 155 cm³/mol. The van der Waals surface area contributed by atoms with E-state index in [4.69, 9.17) is 13.6 Å². The molecule has 5 rings (SSSR count). The lowest BCUT2D eigenvalue weighted by atomic mass is 10.2. The molecule has 0 atom stereocenters. The molecule has 0 aliphatic heterocycles. The fraction of sp³-hybridized carbons (Fsp3) is 0.133. The first-order chi connectivity index (χ1) is 18.9. The molecule has 0 spiro atoms. The van der Waals surface area contributed by atoms with Crippen LogP contribution >= 0.6 is 27.7 Å². The monoisotopic (exact) mass is 603 g/mol. The Hall–Kier alpha value is -3.95. The Balaban J connectivity index is 1.13. The second kappa shape index (κ2) is 11.8. The molecule has 1 N–H and O–H groups in total. The molecule has 2 aromatic carbocycles. The van der Waals surface area contributed by atoms with Crippen LogP contribution in [0.1, 0.15) is 39.0 Å². The van der Waals surface area contributed by atoms with Crippen molar-refractivity contribution in [2.24, 2.45) is 5.10 Å². The van der Waals surface area contributed by atoms with Crippen molar-refractivity contribution in [3.63, 3.8) is 0 Å². The minimum absolute atomic E-state index is 0.135. The van der Waals surface area contributed by atoms with Crippen molar-refractivity contribution in [2.75, 3.05) is 0 Å². The van der Waals surface area contributed by atoms with E-state index in [0.29, 0.717) is 22.4 Å². The van der Waals surface area contributed by atoms with E-state index in [1.54, 1.807) is 18.2 Å². The minimum atomic E-state index is -0.473. The van der Waals surface area contributed by atoms with Crippen molar-refractivity contribution in [3.8, 4) is 11.4 Å². The maximum atomic E-state index is 12.5. The molecule has 3 heterocycles. The third kappa shape index (κ3) is 6.55. The molecule has 0 unspecified atom stereocenters. The van der Waals surface area contributed by atoms with E-state index < -0.39 is 5.91 Å². The molecule has 3 aromatic heterocycles. The summed E-state index contributed by atoms with van der Waals surface area (Å²) in [6, 6.07) is 25.3. The highest BCUT2D eigenvalue weighted by Crippen LogP contribution is 2.35. The number of aryl methyl sites for hydroxylation is 3. The summed E-state index contributed by atoms with van der Waals surface area (Å²) >= 11 is 5.00. The SMILES string of the molecule is Cc1ccc(Sc2oc(/C=N/NC(=O)c3ccc(COc4ccc(-n5c(C)ccc5C)cc4)o3)cc2Br)cc1. The molecule has 39 heavy (non-hydrogen) atoms. The van der Waals surface area contributed by atoms with Gasteiger partial charge in [-0.25, -0.2) is 5.43 Å². The zero-order valence-electron chi connectivity index (χ0n) is 21.6. The number of halogens is 1. The van der Waals surface area contributed by atoms with E-state index in [-0.39, 0.29) is 12.4 Å². The Morgan fingerprint density at radius 2 is 1.69 bits per heavy atom. The summed E-state index contributed by atoms with van der Waals surface area (Å²) in [5.41, 5.74) is 7.07. The van der Waals surface area contributed by atoms with Crippen LogP contribution in [0.25, 0.3) is 5.69 Å². The van der Waals surface area contributed by atoms with E-state index in [2.05, 4.69) is 57.0 Å². The number of carbonyl (C=O) groups excluding carboxylic acids is 1. The Labute approximate surface area is 239 Å². The van der Waals surface area contributed by atoms with Crippen molar-refractivity contribution >= 4 is 39.8 Å². The number of amides is 1. The fourth-order valence-corrected chi connectivity index (χ4v) is 5.25. The van der Waals surface area contributed by atoms with Crippen molar-refractivity contribution < 1.29 is 18.4 Å². The van der Waals surface area contributed by atoms with Gasteiger partial charge in [0.2, 0.25) is 0 Å². The number of hydrogen-bond acceptors (Lipinski definition) is 6. The zero-order valence-corrected chi connectivity index (χ0v) is 24.0. The molecule has 9 heteroatoms. The van der Waals surface area contributed by atoms with E-state index in [0.717, 1.165) is 15.1 Å². The quantitative estimate of drug-likeness (QED) is 0.137. The first kappa shape index (κ1) is 26.6. The van der Waals surface area contributed by atoms with Crippen molar-refractivity contribution in [2.45, 2.75) is 37.4 Å². The molecule has 0 aliphatic carbocycles. The van der Waals surface area contributed by atoms with Gasteiger partial charge in [-0.15, -0.1) is 0 Å². The van der Waals surface area contributed by atoms with Crippen LogP contribution in [0, 0.1) is 20.8 Å². The number of nitrogens with one attached hydrogen (secondary N) is 1. The smallest absolute Gasteiger partial charge is 0.307 e. The largest absolute Gasteiger partial charge is 0.486 e. The van der Waals surface area contributed by atoms with Gasteiger partial charge in [0.15, 0.2) is 10.9 Å². The molecule has 0 fully saturated rings. The molecule has 0 bridgehead atoms. The Morgan fingerprint density at radius 3 is 2.41 bits per heavy atom. The summed E-state index contributed by atoms with van der Waals surface area (Å²) in [5, 5.41) is 4.69. The van der Waals surface area contributed by atoms with E-state index in [1.807, 2.05) is 55.5 Å². The fourth-order valence-electron chi connectivity index (χ4n) is 3.92. The van der Waals surface area contributed by atoms with Gasteiger partial charge >= 0.3 is 5.91 Å². The molecule has 198 valence electrons. The molecule has 0 radical (unpaired) electrons. The lowest BCUT2D eigenvalue weighted by Gasteiger charge is -2.10. The molecular formula is C30H26BrN3O4S. The van der Waals surface area contributed by atoms with Crippen LogP contribution in [0.3, 0.4) is 0 Å². The molecule has 0 saturated carbocycles. The number of hydrogen-bond donors (Lipinski definition) is 1. The lowest BCUT2D eigenvalue weighted by molar-refractivity contribution is 0.0923. The summed E-state index contributed by atoms with van der Waals surface area (Å²) in [6.07, 6.45) is 1.44. The number of aromatic nitrogens is 1. The third-order valence-corrected chi connectivity index (χ3v) is 7.74. The summed E-state index contributed by atoms with van der Waals surface area (Å²) in [4.78, 5) is 13.5. The van der Waals surface area contributed by atoms with Crippen molar-refractivity contribution in [3.05, 3.63) is 118 Å². The van der Waals surface area contributed by atoms with E-state index in [1.165, 1.54) is 34.9 Å².